The van der Waals surface area contributed by atoms with Gasteiger partial charge < -0.3 is 15.5 Å². The van der Waals surface area contributed by atoms with Crippen LogP contribution in [-0.2, 0) is 16.0 Å². The normalized spacial score (nSPS) is 23.8. The predicted octanol–water partition coefficient (Wildman–Crippen LogP) is 2.20. The average molecular weight is 327 g/mol. The Morgan fingerprint density at radius 2 is 1.83 bits per heavy atom. The van der Waals surface area contributed by atoms with Gasteiger partial charge in [-0.3, -0.25) is 9.59 Å². The van der Waals surface area contributed by atoms with Gasteiger partial charge in [-0.05, 0) is 56.2 Å². The monoisotopic (exact) mass is 327 g/mol. The third-order valence-corrected chi connectivity index (χ3v) is 5.56. The highest BCUT2D eigenvalue weighted by Gasteiger charge is 2.38. The molecule has 2 fully saturated rings. The van der Waals surface area contributed by atoms with Crippen LogP contribution in [0.1, 0.15) is 37.7 Å². The number of hydrogen-bond acceptors (Lipinski definition) is 3. The number of carbonyl (C=O) groups excluding carboxylic acids is 2. The lowest BCUT2D eigenvalue weighted by molar-refractivity contribution is -0.136. The summed E-state index contributed by atoms with van der Waals surface area (Å²) in [6, 6.07) is 5.83. The molecule has 2 aliphatic heterocycles. The third-order valence-electron chi connectivity index (χ3n) is 5.56. The molecule has 1 atom stereocenters. The average Bonchev–Trinajstić information content (AvgIpc) is 3.46. The van der Waals surface area contributed by atoms with Crippen molar-refractivity contribution in [3.63, 3.8) is 0 Å². The summed E-state index contributed by atoms with van der Waals surface area (Å²) in [6.45, 7) is 2.15. The number of hydrogen-bond donors (Lipinski definition) is 1. The van der Waals surface area contributed by atoms with Gasteiger partial charge in [-0.2, -0.15) is 0 Å². The van der Waals surface area contributed by atoms with Crippen molar-refractivity contribution in [1.29, 1.82) is 0 Å². The summed E-state index contributed by atoms with van der Waals surface area (Å²) in [5.74, 6) is 0.578. The molecule has 2 N–H and O–H groups in total. The van der Waals surface area contributed by atoms with Crippen molar-refractivity contribution >= 4 is 23.2 Å². The molecule has 128 valence electrons. The van der Waals surface area contributed by atoms with Crippen LogP contribution in [0.4, 0.5) is 11.4 Å². The Hall–Kier alpha value is -2.04. The maximum atomic E-state index is 13.1. The van der Waals surface area contributed by atoms with E-state index >= 15 is 0 Å². The fraction of sp³-hybridized carbons (Fsp3) is 0.579. The molecule has 1 aromatic carbocycles. The zero-order valence-electron chi connectivity index (χ0n) is 14.0. The highest BCUT2D eigenvalue weighted by atomic mass is 16.2. The summed E-state index contributed by atoms with van der Waals surface area (Å²) in [7, 11) is 0. The molecule has 1 unspecified atom stereocenters. The minimum Gasteiger partial charge on any atom is -0.398 e. The smallest absolute Gasteiger partial charge is 0.231 e. The molecule has 1 saturated carbocycles. The summed E-state index contributed by atoms with van der Waals surface area (Å²) in [6.07, 6.45) is 5.72. The van der Waals surface area contributed by atoms with Gasteiger partial charge in [0.15, 0.2) is 0 Å². The van der Waals surface area contributed by atoms with E-state index in [4.69, 9.17) is 5.73 Å². The third kappa shape index (κ3) is 2.76. The first-order valence-corrected chi connectivity index (χ1v) is 9.12. The molecule has 0 radical (unpaired) electrons. The van der Waals surface area contributed by atoms with Gasteiger partial charge in [-0.1, -0.05) is 6.07 Å². The van der Waals surface area contributed by atoms with E-state index in [0.717, 1.165) is 68.6 Å². The number of rotatable bonds is 2. The molecule has 24 heavy (non-hydrogen) atoms. The van der Waals surface area contributed by atoms with E-state index in [0.29, 0.717) is 6.54 Å². The Kier molecular flexibility index (Phi) is 3.94. The fourth-order valence-electron chi connectivity index (χ4n) is 4.07. The summed E-state index contributed by atoms with van der Waals surface area (Å²) >= 11 is 0. The molecule has 4 rings (SSSR count). The lowest BCUT2D eigenvalue weighted by Gasteiger charge is -2.37. The van der Waals surface area contributed by atoms with Gasteiger partial charge in [0.2, 0.25) is 11.8 Å². The number of anilines is 2. The first-order valence-electron chi connectivity index (χ1n) is 9.12. The van der Waals surface area contributed by atoms with Crippen LogP contribution in [0.15, 0.2) is 18.2 Å². The quantitative estimate of drug-likeness (QED) is 0.847. The Morgan fingerprint density at radius 1 is 1.00 bits per heavy atom. The Morgan fingerprint density at radius 3 is 2.62 bits per heavy atom. The van der Waals surface area contributed by atoms with E-state index in [2.05, 4.69) is 0 Å². The second-order valence-electron chi connectivity index (χ2n) is 7.34. The number of benzene rings is 1. The number of nitrogens with two attached hydrogens (primary N) is 1. The molecule has 1 saturated heterocycles. The van der Waals surface area contributed by atoms with Gasteiger partial charge >= 0.3 is 0 Å². The van der Waals surface area contributed by atoms with Crippen molar-refractivity contribution in [3.05, 3.63) is 23.8 Å². The number of fused-ring (bicyclic) bond motifs is 1. The number of nitrogens with zero attached hydrogens (tertiary/aromatic N) is 2. The maximum Gasteiger partial charge on any atom is 0.231 e. The first kappa shape index (κ1) is 15.5. The van der Waals surface area contributed by atoms with Gasteiger partial charge in [0.1, 0.15) is 0 Å². The zero-order valence-corrected chi connectivity index (χ0v) is 14.0. The Balaban J connectivity index is 1.52. The molecular weight excluding hydrogens is 302 g/mol. The molecule has 0 aromatic heterocycles. The van der Waals surface area contributed by atoms with Gasteiger partial charge in [0, 0.05) is 36.9 Å². The van der Waals surface area contributed by atoms with Crippen LogP contribution >= 0.6 is 0 Å². The number of likely N-dealkylation sites (tertiary alicyclic amines) is 1. The van der Waals surface area contributed by atoms with Crippen LogP contribution in [-0.4, -0.2) is 36.3 Å². The van der Waals surface area contributed by atoms with Crippen LogP contribution in [0, 0.1) is 11.8 Å². The lowest BCUT2D eigenvalue weighted by atomic mass is 9.93. The number of piperidine rings is 1. The van der Waals surface area contributed by atoms with Crippen molar-refractivity contribution in [1.82, 2.24) is 4.90 Å². The fourth-order valence-corrected chi connectivity index (χ4v) is 4.07. The van der Waals surface area contributed by atoms with Gasteiger partial charge in [0.05, 0.1) is 5.92 Å². The van der Waals surface area contributed by atoms with E-state index in [1.807, 2.05) is 28.0 Å². The molecule has 5 heteroatoms. The number of carbonyl (C=O) groups is 2. The summed E-state index contributed by atoms with van der Waals surface area (Å²) in [4.78, 5) is 29.3. The van der Waals surface area contributed by atoms with E-state index in [1.54, 1.807) is 0 Å². The second-order valence-corrected chi connectivity index (χ2v) is 7.34. The van der Waals surface area contributed by atoms with E-state index in [1.165, 1.54) is 0 Å². The standard InChI is InChI=1S/C19H25N3O2/c20-16-6-1-7-17-15(16)5-3-11-22(17)19(24)14-4-2-10-21(12-14)18(23)13-8-9-13/h1,6-7,13-14H,2-5,8-12,20H2. The van der Waals surface area contributed by atoms with Gasteiger partial charge in [-0.15, -0.1) is 0 Å². The minimum atomic E-state index is -0.0752. The summed E-state index contributed by atoms with van der Waals surface area (Å²) < 4.78 is 0. The van der Waals surface area contributed by atoms with E-state index in [9.17, 15) is 9.59 Å². The molecule has 1 aliphatic carbocycles. The van der Waals surface area contributed by atoms with Crippen LogP contribution in [0.3, 0.4) is 0 Å². The topological polar surface area (TPSA) is 66.6 Å². The molecule has 3 aliphatic rings. The summed E-state index contributed by atoms with van der Waals surface area (Å²) in [5, 5.41) is 0. The number of amides is 2. The molecule has 2 amide bonds. The predicted molar refractivity (Wildman–Crippen MR) is 93.6 cm³/mol. The highest BCUT2D eigenvalue weighted by molar-refractivity contribution is 5.97. The Labute approximate surface area is 142 Å². The molecule has 0 bridgehead atoms. The van der Waals surface area contributed by atoms with Crippen LogP contribution in [0.2, 0.25) is 0 Å². The van der Waals surface area contributed by atoms with Crippen molar-refractivity contribution in [3.8, 4) is 0 Å². The van der Waals surface area contributed by atoms with Crippen molar-refractivity contribution in [2.24, 2.45) is 11.8 Å². The van der Waals surface area contributed by atoms with Crippen LogP contribution in [0.25, 0.3) is 0 Å². The van der Waals surface area contributed by atoms with Crippen molar-refractivity contribution in [2.75, 3.05) is 30.3 Å². The SMILES string of the molecule is Nc1cccc2c1CCCN2C(=O)C1CCCN(C(=O)C2CC2)C1. The lowest BCUT2D eigenvalue weighted by Crippen LogP contribution is -2.48. The van der Waals surface area contributed by atoms with Gasteiger partial charge in [-0.25, -0.2) is 0 Å². The molecule has 1 aromatic rings. The van der Waals surface area contributed by atoms with Crippen molar-refractivity contribution in [2.45, 2.75) is 38.5 Å². The van der Waals surface area contributed by atoms with E-state index < -0.39 is 0 Å². The number of nitrogen functional groups attached to an aromatic ring is 1. The molecular formula is C19H25N3O2. The minimum absolute atomic E-state index is 0.0752. The second kappa shape index (κ2) is 6.11. The van der Waals surface area contributed by atoms with Crippen LogP contribution in [0.5, 0.6) is 0 Å². The highest BCUT2D eigenvalue weighted by Crippen LogP contribution is 2.35. The molecule has 2 heterocycles. The summed E-state index contributed by atoms with van der Waals surface area (Å²) in [5.41, 5.74) is 8.94. The maximum absolute atomic E-state index is 13.1. The van der Waals surface area contributed by atoms with Gasteiger partial charge in [0.25, 0.3) is 0 Å². The first-order chi connectivity index (χ1) is 11.6. The molecule has 5 nitrogen and oxygen atoms in total. The Bertz CT molecular complexity index is 669. The van der Waals surface area contributed by atoms with Crippen molar-refractivity contribution < 1.29 is 9.59 Å². The zero-order chi connectivity index (χ0) is 16.7. The molecule has 0 spiro atoms. The van der Waals surface area contributed by atoms with E-state index in [-0.39, 0.29) is 23.7 Å². The largest absolute Gasteiger partial charge is 0.398 e. The van der Waals surface area contributed by atoms with Crippen LogP contribution < -0.4 is 10.6 Å².